The van der Waals surface area contributed by atoms with E-state index in [2.05, 4.69) is 19.2 Å². The molecule has 2 atom stereocenters. The maximum absolute atomic E-state index is 12.5. The molecule has 0 aliphatic carbocycles. The minimum Gasteiger partial charge on any atom is -0.466 e. The number of carbonyl (C=O) groups is 2. The van der Waals surface area contributed by atoms with E-state index < -0.39 is 12.1 Å². The van der Waals surface area contributed by atoms with Crippen molar-refractivity contribution >= 4 is 11.9 Å². The molecule has 0 saturated carbocycles. The van der Waals surface area contributed by atoms with E-state index in [4.69, 9.17) is 4.74 Å². The molecule has 0 rings (SSSR count). The smallest absolute Gasteiger partial charge is 0.305 e. The second-order valence-electron chi connectivity index (χ2n) is 22.1. The van der Waals surface area contributed by atoms with Crippen molar-refractivity contribution in [2.75, 3.05) is 13.2 Å². The number of aliphatic hydroxyl groups is 2. The first-order valence-corrected chi connectivity index (χ1v) is 32.0. The zero-order valence-corrected chi connectivity index (χ0v) is 47.5. The Morgan fingerprint density at radius 1 is 0.386 bits per heavy atom. The van der Waals surface area contributed by atoms with Crippen LogP contribution in [0, 0.1) is 0 Å². The molecule has 1 amide bonds. The van der Waals surface area contributed by atoms with E-state index in [0.29, 0.717) is 19.4 Å². The van der Waals surface area contributed by atoms with Gasteiger partial charge in [-0.2, -0.15) is 0 Å². The van der Waals surface area contributed by atoms with Crippen molar-refractivity contribution in [1.82, 2.24) is 5.32 Å². The lowest BCUT2D eigenvalue weighted by atomic mass is 10.0. The summed E-state index contributed by atoms with van der Waals surface area (Å²) in [6.07, 6.45) is 72.5. The average Bonchev–Trinajstić information content (AvgIpc) is 3.36. The normalized spacial score (nSPS) is 12.6. The van der Waals surface area contributed by atoms with Crippen molar-refractivity contribution < 1.29 is 24.5 Å². The Balaban J connectivity index is 3.45. The summed E-state index contributed by atoms with van der Waals surface area (Å²) in [6, 6.07) is -0.636. The summed E-state index contributed by atoms with van der Waals surface area (Å²) >= 11 is 0. The molecule has 2 unspecified atom stereocenters. The molecular weight excluding hydrogens is 863 g/mol. The van der Waals surface area contributed by atoms with Gasteiger partial charge in [0.15, 0.2) is 0 Å². The number of rotatable bonds is 60. The van der Waals surface area contributed by atoms with Crippen LogP contribution in [0.4, 0.5) is 0 Å². The summed E-state index contributed by atoms with van der Waals surface area (Å²) in [5.74, 6) is -0.0731. The first-order valence-electron chi connectivity index (χ1n) is 32.0. The highest BCUT2D eigenvalue weighted by Gasteiger charge is 2.18. The molecule has 0 heterocycles. The number of ether oxygens (including phenoxy) is 1. The van der Waals surface area contributed by atoms with Gasteiger partial charge < -0.3 is 20.3 Å². The van der Waals surface area contributed by atoms with Gasteiger partial charge in [0.25, 0.3) is 0 Å². The molecule has 0 aliphatic rings. The fourth-order valence-electron chi connectivity index (χ4n) is 10.2. The molecule has 6 heteroatoms. The fourth-order valence-corrected chi connectivity index (χ4v) is 10.2. The van der Waals surface area contributed by atoms with Gasteiger partial charge in [0.1, 0.15) is 0 Å². The SMILES string of the molecule is CCCCCCCCCCCCCCCCCCCCCCCC/C=C/C(O)C(CO)NC(=O)CCCCCCCCCCCCCCCCOC(=O)CCCCCCCCCCCCCCCCC. The predicted molar refractivity (Wildman–Crippen MR) is 306 cm³/mol. The van der Waals surface area contributed by atoms with E-state index in [9.17, 15) is 19.8 Å². The van der Waals surface area contributed by atoms with Gasteiger partial charge in [-0.05, 0) is 32.1 Å². The van der Waals surface area contributed by atoms with E-state index in [1.54, 1.807) is 6.08 Å². The van der Waals surface area contributed by atoms with Gasteiger partial charge in [0.2, 0.25) is 5.91 Å². The second kappa shape index (κ2) is 60.2. The van der Waals surface area contributed by atoms with Crippen molar-refractivity contribution in [2.24, 2.45) is 0 Å². The minimum atomic E-state index is -0.852. The molecule has 6 nitrogen and oxygen atoms in total. The lowest BCUT2D eigenvalue weighted by molar-refractivity contribution is -0.143. The molecule has 0 aromatic rings. The third-order valence-corrected chi connectivity index (χ3v) is 15.1. The van der Waals surface area contributed by atoms with E-state index in [-0.39, 0.29) is 18.5 Å². The summed E-state index contributed by atoms with van der Waals surface area (Å²) in [5.41, 5.74) is 0. The van der Waals surface area contributed by atoms with Crippen molar-refractivity contribution in [3.8, 4) is 0 Å². The lowest BCUT2D eigenvalue weighted by Gasteiger charge is -2.20. The summed E-state index contributed by atoms with van der Waals surface area (Å²) in [6.45, 7) is 4.92. The van der Waals surface area contributed by atoms with Crippen LogP contribution in [0.5, 0.6) is 0 Å². The molecule has 0 fully saturated rings. The highest BCUT2D eigenvalue weighted by atomic mass is 16.5. The summed E-state index contributed by atoms with van der Waals surface area (Å²) in [7, 11) is 0. The molecule has 70 heavy (non-hydrogen) atoms. The number of esters is 1. The second-order valence-corrected chi connectivity index (χ2v) is 22.1. The van der Waals surface area contributed by atoms with Crippen LogP contribution in [-0.2, 0) is 14.3 Å². The Morgan fingerprint density at radius 2 is 0.657 bits per heavy atom. The van der Waals surface area contributed by atoms with Gasteiger partial charge in [0.05, 0.1) is 25.4 Å². The quantitative estimate of drug-likeness (QED) is 0.0321. The Labute approximate surface area is 438 Å². The van der Waals surface area contributed by atoms with Gasteiger partial charge in [-0.15, -0.1) is 0 Å². The van der Waals surface area contributed by atoms with Crippen LogP contribution in [0.2, 0.25) is 0 Å². The van der Waals surface area contributed by atoms with Gasteiger partial charge in [0, 0.05) is 12.8 Å². The largest absolute Gasteiger partial charge is 0.466 e. The zero-order valence-electron chi connectivity index (χ0n) is 47.5. The molecule has 3 N–H and O–H groups in total. The monoisotopic (exact) mass is 988 g/mol. The van der Waals surface area contributed by atoms with E-state index in [1.165, 1.54) is 276 Å². The highest BCUT2D eigenvalue weighted by molar-refractivity contribution is 5.76. The zero-order chi connectivity index (χ0) is 50.7. The highest BCUT2D eigenvalue weighted by Crippen LogP contribution is 2.18. The van der Waals surface area contributed by atoms with E-state index >= 15 is 0 Å². The molecule has 0 aliphatic heterocycles. The molecule has 0 aromatic heterocycles. The Morgan fingerprint density at radius 3 is 0.971 bits per heavy atom. The van der Waals surface area contributed by atoms with E-state index in [0.717, 1.165) is 57.8 Å². The molecule has 0 spiro atoms. The number of nitrogens with one attached hydrogen (secondary N) is 1. The first-order chi connectivity index (χ1) is 34.5. The maximum atomic E-state index is 12.5. The minimum absolute atomic E-state index is 0.000683. The average molecular weight is 989 g/mol. The van der Waals surface area contributed by atoms with Crippen LogP contribution < -0.4 is 5.32 Å². The van der Waals surface area contributed by atoms with Gasteiger partial charge in [-0.25, -0.2) is 0 Å². The van der Waals surface area contributed by atoms with Crippen molar-refractivity contribution in [3.05, 3.63) is 12.2 Å². The van der Waals surface area contributed by atoms with Crippen molar-refractivity contribution in [3.63, 3.8) is 0 Å². The molecule has 0 saturated heterocycles. The van der Waals surface area contributed by atoms with Crippen LogP contribution in [-0.4, -0.2) is 47.4 Å². The third kappa shape index (κ3) is 55.9. The summed E-state index contributed by atoms with van der Waals surface area (Å²) < 4.78 is 5.48. The van der Waals surface area contributed by atoms with Gasteiger partial charge >= 0.3 is 5.97 Å². The van der Waals surface area contributed by atoms with Crippen LogP contribution in [0.3, 0.4) is 0 Å². The Bertz CT molecular complexity index is 1050. The van der Waals surface area contributed by atoms with Crippen LogP contribution in [0.25, 0.3) is 0 Å². The van der Waals surface area contributed by atoms with Crippen molar-refractivity contribution in [1.29, 1.82) is 0 Å². The molecule has 0 aromatic carbocycles. The Hall–Kier alpha value is -1.40. The lowest BCUT2D eigenvalue weighted by Crippen LogP contribution is -2.45. The molecular formula is C64H125NO5. The number of carbonyl (C=O) groups excluding carboxylic acids is 2. The van der Waals surface area contributed by atoms with Gasteiger partial charge in [-0.1, -0.05) is 328 Å². The standard InChI is InChI=1S/C64H125NO5/c1-3-5-7-9-11-13-15-17-19-20-21-22-23-24-25-26-27-29-32-36-40-44-48-52-56-62(67)61(60-66)65-63(68)57-53-49-45-41-37-33-30-31-35-39-43-47-51-55-59-70-64(69)58-54-50-46-42-38-34-28-18-16-14-12-10-8-6-4-2/h52,56,61-62,66-67H,3-51,53-55,57-60H2,1-2H3,(H,65,68)/b56-52+. The maximum Gasteiger partial charge on any atom is 0.305 e. The predicted octanol–water partition coefficient (Wildman–Crippen LogP) is 20.0. The van der Waals surface area contributed by atoms with Crippen LogP contribution >= 0.6 is 0 Å². The number of hydrogen-bond donors (Lipinski definition) is 3. The molecule has 416 valence electrons. The summed E-state index contributed by atoms with van der Waals surface area (Å²) in [4.78, 5) is 24.6. The topological polar surface area (TPSA) is 95.9 Å². The number of aliphatic hydroxyl groups excluding tert-OH is 2. The molecule has 0 radical (unpaired) electrons. The third-order valence-electron chi connectivity index (χ3n) is 15.1. The number of allylic oxidation sites excluding steroid dienone is 1. The number of unbranched alkanes of at least 4 members (excludes halogenated alkanes) is 49. The number of amides is 1. The van der Waals surface area contributed by atoms with Crippen LogP contribution in [0.1, 0.15) is 361 Å². The summed E-state index contributed by atoms with van der Waals surface area (Å²) in [5, 5.41) is 23.2. The van der Waals surface area contributed by atoms with Crippen molar-refractivity contribution in [2.45, 2.75) is 373 Å². The van der Waals surface area contributed by atoms with Crippen LogP contribution in [0.15, 0.2) is 12.2 Å². The fraction of sp³-hybridized carbons (Fsp3) is 0.938. The molecule has 0 bridgehead atoms. The Kier molecular flexibility index (Phi) is 59.0. The van der Waals surface area contributed by atoms with E-state index in [1.807, 2.05) is 6.08 Å². The number of hydrogen-bond acceptors (Lipinski definition) is 5. The first kappa shape index (κ1) is 68.6. The van der Waals surface area contributed by atoms with Gasteiger partial charge in [-0.3, -0.25) is 9.59 Å².